The van der Waals surface area contributed by atoms with Gasteiger partial charge in [-0.1, -0.05) is 71.6 Å². The van der Waals surface area contributed by atoms with E-state index in [0.29, 0.717) is 0 Å². The average molecular weight is 299 g/mol. The zero-order chi connectivity index (χ0) is 15.9. The third-order valence-corrected chi connectivity index (χ3v) is 4.21. The highest BCUT2D eigenvalue weighted by Gasteiger charge is 2.24. The molecule has 0 aromatic heterocycles. The van der Waals surface area contributed by atoms with Crippen LogP contribution in [-0.2, 0) is 4.79 Å². The minimum Gasteiger partial charge on any atom is -0.303 e. The van der Waals surface area contributed by atoms with Crippen molar-refractivity contribution in [2.45, 2.75) is 84.5 Å². The summed E-state index contributed by atoms with van der Waals surface area (Å²) in [6, 6.07) is 0. The maximum Gasteiger partial charge on any atom is 0.207 e. The van der Waals surface area contributed by atoms with Crippen molar-refractivity contribution in [1.82, 2.24) is 0 Å². The highest BCUT2D eigenvalue weighted by molar-refractivity contribution is 5.53. The molecule has 0 heterocycles. The van der Waals surface area contributed by atoms with E-state index in [1.807, 2.05) is 6.92 Å². The number of carbonyl (C=O) groups excluding carboxylic acids is 1. The van der Waals surface area contributed by atoms with Crippen molar-refractivity contribution in [3.63, 3.8) is 0 Å². The molecule has 0 saturated carbocycles. The van der Waals surface area contributed by atoms with Gasteiger partial charge in [0, 0.05) is 16.8 Å². The number of rotatable bonds is 15. The van der Waals surface area contributed by atoms with Crippen LogP contribution in [0.5, 0.6) is 0 Å². The van der Waals surface area contributed by atoms with E-state index in [1.165, 1.54) is 38.5 Å². The van der Waals surface area contributed by atoms with Crippen LogP contribution in [0.25, 0.3) is 0 Å². The molecule has 124 valence electrons. The van der Waals surface area contributed by atoms with Gasteiger partial charge in [0.05, 0.1) is 0 Å². The molecule has 0 spiro atoms. The molecule has 0 unspecified atom stereocenters. The SMILES string of the molecule is CCCCCCCCCC[C@@H](C=O)[C@@H](CCC)C[N+](=O)[O-]. The summed E-state index contributed by atoms with van der Waals surface area (Å²) in [7, 11) is 0. The molecule has 0 fully saturated rings. The van der Waals surface area contributed by atoms with Crippen LogP contribution in [0.3, 0.4) is 0 Å². The molecule has 0 amide bonds. The van der Waals surface area contributed by atoms with E-state index in [2.05, 4.69) is 6.92 Å². The first-order valence-corrected chi connectivity index (χ1v) is 8.72. The molecule has 4 nitrogen and oxygen atoms in total. The maximum absolute atomic E-state index is 11.2. The zero-order valence-corrected chi connectivity index (χ0v) is 13.9. The lowest BCUT2D eigenvalue weighted by molar-refractivity contribution is -0.489. The molecule has 0 radical (unpaired) electrons. The number of carbonyl (C=O) groups is 1. The van der Waals surface area contributed by atoms with E-state index in [-0.39, 0.29) is 23.3 Å². The Morgan fingerprint density at radius 1 is 0.905 bits per heavy atom. The first-order chi connectivity index (χ1) is 10.2. The van der Waals surface area contributed by atoms with Gasteiger partial charge in [0.2, 0.25) is 6.54 Å². The van der Waals surface area contributed by atoms with E-state index in [4.69, 9.17) is 0 Å². The van der Waals surface area contributed by atoms with Crippen LogP contribution in [-0.4, -0.2) is 17.8 Å². The Bertz CT molecular complexity index is 269. The Kier molecular flexibility index (Phi) is 13.4. The fourth-order valence-electron chi connectivity index (χ4n) is 2.93. The van der Waals surface area contributed by atoms with Gasteiger partial charge in [-0.15, -0.1) is 0 Å². The lowest BCUT2D eigenvalue weighted by Crippen LogP contribution is -2.24. The molecule has 0 bridgehead atoms. The minimum absolute atomic E-state index is 0.0612. The van der Waals surface area contributed by atoms with Crippen LogP contribution in [0.15, 0.2) is 0 Å². The Morgan fingerprint density at radius 2 is 1.48 bits per heavy atom. The van der Waals surface area contributed by atoms with Crippen molar-refractivity contribution in [2.24, 2.45) is 11.8 Å². The first kappa shape index (κ1) is 20.1. The number of nitro groups is 1. The van der Waals surface area contributed by atoms with Crippen molar-refractivity contribution in [3.8, 4) is 0 Å². The Hall–Kier alpha value is -0.930. The number of unbranched alkanes of at least 4 members (excludes halogenated alkanes) is 7. The van der Waals surface area contributed by atoms with Crippen LogP contribution in [0.1, 0.15) is 84.5 Å². The molecule has 2 atom stereocenters. The molecule has 4 heteroatoms. The Labute approximate surface area is 129 Å². The second kappa shape index (κ2) is 14.0. The summed E-state index contributed by atoms with van der Waals surface area (Å²) >= 11 is 0. The highest BCUT2D eigenvalue weighted by Crippen LogP contribution is 2.22. The van der Waals surface area contributed by atoms with Crippen LogP contribution >= 0.6 is 0 Å². The average Bonchev–Trinajstić information content (AvgIpc) is 2.45. The van der Waals surface area contributed by atoms with E-state index < -0.39 is 0 Å². The first-order valence-electron chi connectivity index (χ1n) is 8.72. The molecule has 0 saturated heterocycles. The fraction of sp³-hybridized carbons (Fsp3) is 0.941. The summed E-state index contributed by atoms with van der Waals surface area (Å²) in [6.07, 6.45) is 13.4. The standard InChI is InChI=1S/C17H33NO3/c1-3-5-6-7-8-9-10-11-13-17(15-19)16(12-4-2)14-18(20)21/h15-17H,3-14H2,1-2H3/t16-,17-/m0/s1. The molecule has 0 aromatic carbocycles. The second-order valence-corrected chi connectivity index (χ2v) is 6.13. The lowest BCUT2D eigenvalue weighted by atomic mass is 9.85. The van der Waals surface area contributed by atoms with Gasteiger partial charge in [-0.05, 0) is 12.8 Å². The van der Waals surface area contributed by atoms with Crippen LogP contribution in [0, 0.1) is 22.0 Å². The van der Waals surface area contributed by atoms with Gasteiger partial charge in [0.15, 0.2) is 0 Å². The normalized spacial score (nSPS) is 13.8. The monoisotopic (exact) mass is 299 g/mol. The molecule has 0 aromatic rings. The summed E-state index contributed by atoms with van der Waals surface area (Å²) in [5, 5.41) is 10.7. The maximum atomic E-state index is 11.2. The number of hydrogen-bond donors (Lipinski definition) is 0. The summed E-state index contributed by atoms with van der Waals surface area (Å²) in [5.74, 6) is -0.206. The molecule has 0 aliphatic heterocycles. The predicted octanol–water partition coefficient (Wildman–Crippen LogP) is 5.03. The van der Waals surface area contributed by atoms with Gasteiger partial charge in [-0.25, -0.2) is 0 Å². The van der Waals surface area contributed by atoms with E-state index in [0.717, 1.165) is 38.4 Å². The molecule has 0 N–H and O–H groups in total. The molecular formula is C17H33NO3. The van der Waals surface area contributed by atoms with Crippen molar-refractivity contribution in [1.29, 1.82) is 0 Å². The van der Waals surface area contributed by atoms with Crippen LogP contribution in [0.2, 0.25) is 0 Å². The molecule has 21 heavy (non-hydrogen) atoms. The Morgan fingerprint density at radius 3 is 1.95 bits per heavy atom. The van der Waals surface area contributed by atoms with Crippen molar-refractivity contribution < 1.29 is 9.72 Å². The molecule has 0 rings (SSSR count). The zero-order valence-electron chi connectivity index (χ0n) is 13.9. The largest absolute Gasteiger partial charge is 0.303 e. The van der Waals surface area contributed by atoms with Gasteiger partial charge in [-0.2, -0.15) is 0 Å². The summed E-state index contributed by atoms with van der Waals surface area (Å²) in [4.78, 5) is 21.6. The molecule has 0 aliphatic carbocycles. The summed E-state index contributed by atoms with van der Waals surface area (Å²) < 4.78 is 0. The predicted molar refractivity (Wildman–Crippen MR) is 87.0 cm³/mol. The lowest BCUT2D eigenvalue weighted by Gasteiger charge is -2.18. The van der Waals surface area contributed by atoms with Gasteiger partial charge in [0.1, 0.15) is 6.29 Å². The number of aldehydes is 1. The van der Waals surface area contributed by atoms with Crippen molar-refractivity contribution in [2.75, 3.05) is 6.54 Å². The second-order valence-electron chi connectivity index (χ2n) is 6.13. The molecular weight excluding hydrogens is 266 g/mol. The van der Waals surface area contributed by atoms with Gasteiger partial charge in [-0.3, -0.25) is 10.1 Å². The van der Waals surface area contributed by atoms with Crippen molar-refractivity contribution in [3.05, 3.63) is 10.1 Å². The fourth-order valence-corrected chi connectivity index (χ4v) is 2.93. The minimum atomic E-state index is -0.273. The van der Waals surface area contributed by atoms with E-state index in [1.54, 1.807) is 0 Å². The summed E-state index contributed by atoms with van der Waals surface area (Å²) in [6.45, 7) is 4.18. The number of hydrogen-bond acceptors (Lipinski definition) is 3. The smallest absolute Gasteiger partial charge is 0.207 e. The third-order valence-electron chi connectivity index (χ3n) is 4.21. The molecule has 0 aliphatic rings. The summed E-state index contributed by atoms with van der Waals surface area (Å²) in [5.41, 5.74) is 0. The van der Waals surface area contributed by atoms with Crippen LogP contribution < -0.4 is 0 Å². The van der Waals surface area contributed by atoms with Gasteiger partial charge < -0.3 is 4.79 Å². The van der Waals surface area contributed by atoms with Gasteiger partial charge >= 0.3 is 0 Å². The quantitative estimate of drug-likeness (QED) is 0.184. The third kappa shape index (κ3) is 11.4. The van der Waals surface area contributed by atoms with Crippen LogP contribution in [0.4, 0.5) is 0 Å². The van der Waals surface area contributed by atoms with Gasteiger partial charge in [0.25, 0.3) is 0 Å². The number of nitrogens with zero attached hydrogens (tertiary/aromatic N) is 1. The van der Waals surface area contributed by atoms with Crippen molar-refractivity contribution >= 4 is 6.29 Å². The van der Waals surface area contributed by atoms with E-state index >= 15 is 0 Å². The van der Waals surface area contributed by atoms with E-state index in [9.17, 15) is 14.9 Å². The Balaban J connectivity index is 3.85. The topological polar surface area (TPSA) is 60.2 Å². The highest BCUT2D eigenvalue weighted by atomic mass is 16.6.